The van der Waals surface area contributed by atoms with E-state index in [1.165, 1.54) is 10.5 Å². The van der Waals surface area contributed by atoms with Crippen molar-refractivity contribution in [1.82, 2.24) is 20.0 Å². The SMILES string of the molecule is CC(C)c1cc2cc(Cl)c(OCc3cnn(C)n3)cc2[nH]1. The van der Waals surface area contributed by atoms with Crippen LogP contribution in [0.4, 0.5) is 0 Å². The average molecular weight is 305 g/mol. The third-order valence-corrected chi connectivity index (χ3v) is 3.63. The Morgan fingerprint density at radius 1 is 1.33 bits per heavy atom. The fraction of sp³-hybridized carbons (Fsp3) is 0.333. The Morgan fingerprint density at radius 3 is 2.81 bits per heavy atom. The number of aryl methyl sites for hydroxylation is 1. The minimum atomic E-state index is 0.344. The number of hydrogen-bond acceptors (Lipinski definition) is 3. The molecule has 0 spiro atoms. The van der Waals surface area contributed by atoms with Gasteiger partial charge in [0.2, 0.25) is 0 Å². The van der Waals surface area contributed by atoms with Gasteiger partial charge in [0.15, 0.2) is 0 Å². The van der Waals surface area contributed by atoms with Gasteiger partial charge in [0, 0.05) is 29.7 Å². The number of aromatic nitrogens is 4. The van der Waals surface area contributed by atoms with Gasteiger partial charge in [0.1, 0.15) is 18.1 Å². The van der Waals surface area contributed by atoms with Gasteiger partial charge < -0.3 is 9.72 Å². The largest absolute Gasteiger partial charge is 0.486 e. The van der Waals surface area contributed by atoms with E-state index in [1.54, 1.807) is 13.2 Å². The van der Waals surface area contributed by atoms with Crippen LogP contribution in [-0.4, -0.2) is 20.0 Å². The third kappa shape index (κ3) is 2.88. The molecule has 3 rings (SSSR count). The molecule has 0 unspecified atom stereocenters. The number of benzene rings is 1. The van der Waals surface area contributed by atoms with Crippen LogP contribution < -0.4 is 4.74 Å². The van der Waals surface area contributed by atoms with E-state index in [1.807, 2.05) is 12.1 Å². The predicted octanol–water partition coefficient (Wildman–Crippen LogP) is 3.65. The van der Waals surface area contributed by atoms with Crippen molar-refractivity contribution in [2.75, 3.05) is 0 Å². The Balaban J connectivity index is 1.86. The molecule has 0 saturated heterocycles. The van der Waals surface area contributed by atoms with Gasteiger partial charge >= 0.3 is 0 Å². The second-order valence-corrected chi connectivity index (χ2v) is 5.77. The normalized spacial score (nSPS) is 11.5. The average Bonchev–Trinajstić information content (AvgIpc) is 3.02. The van der Waals surface area contributed by atoms with Gasteiger partial charge in [-0.1, -0.05) is 25.4 Å². The third-order valence-electron chi connectivity index (χ3n) is 3.34. The zero-order valence-corrected chi connectivity index (χ0v) is 13.0. The highest BCUT2D eigenvalue weighted by atomic mass is 35.5. The van der Waals surface area contributed by atoms with Crippen LogP contribution in [0, 0.1) is 0 Å². The predicted molar refractivity (Wildman–Crippen MR) is 82.7 cm³/mol. The summed E-state index contributed by atoms with van der Waals surface area (Å²) in [6, 6.07) is 5.98. The van der Waals surface area contributed by atoms with Crippen molar-refractivity contribution in [1.29, 1.82) is 0 Å². The summed E-state index contributed by atoms with van der Waals surface area (Å²) in [7, 11) is 1.77. The first-order valence-corrected chi connectivity index (χ1v) is 7.21. The Bertz CT molecular complexity index is 775. The monoisotopic (exact) mass is 304 g/mol. The van der Waals surface area contributed by atoms with Crippen LogP contribution >= 0.6 is 11.6 Å². The van der Waals surface area contributed by atoms with E-state index in [0.717, 1.165) is 16.6 Å². The highest BCUT2D eigenvalue weighted by molar-refractivity contribution is 6.32. The van der Waals surface area contributed by atoms with Crippen LogP contribution in [0.1, 0.15) is 31.2 Å². The van der Waals surface area contributed by atoms with E-state index in [0.29, 0.717) is 23.3 Å². The molecular formula is C15H17ClN4O. The molecule has 1 aromatic carbocycles. The van der Waals surface area contributed by atoms with E-state index in [9.17, 15) is 0 Å². The number of rotatable bonds is 4. The first kappa shape index (κ1) is 13.9. The summed E-state index contributed by atoms with van der Waals surface area (Å²) in [5.41, 5.74) is 2.98. The lowest BCUT2D eigenvalue weighted by Crippen LogP contribution is -1.98. The topological polar surface area (TPSA) is 55.7 Å². The molecule has 2 aromatic heterocycles. The number of fused-ring (bicyclic) bond motifs is 1. The van der Waals surface area contributed by atoms with Crippen molar-refractivity contribution in [2.24, 2.45) is 7.05 Å². The molecule has 6 heteroatoms. The standard InChI is InChI=1S/C15H17ClN4O/c1-9(2)13-5-10-4-12(16)15(6-14(10)18-13)21-8-11-7-17-20(3)19-11/h4-7,9,18H,8H2,1-3H3. The van der Waals surface area contributed by atoms with E-state index >= 15 is 0 Å². The summed E-state index contributed by atoms with van der Waals surface area (Å²) < 4.78 is 5.75. The molecule has 0 aliphatic carbocycles. The number of nitrogens with zero attached hydrogens (tertiary/aromatic N) is 3. The number of ether oxygens (including phenoxy) is 1. The fourth-order valence-electron chi connectivity index (χ4n) is 2.18. The molecule has 0 atom stereocenters. The highest BCUT2D eigenvalue weighted by Crippen LogP contribution is 2.32. The molecule has 0 aliphatic rings. The quantitative estimate of drug-likeness (QED) is 0.800. The molecular weight excluding hydrogens is 288 g/mol. The van der Waals surface area contributed by atoms with Gasteiger partial charge in [0.05, 0.1) is 11.2 Å². The number of aromatic amines is 1. The first-order chi connectivity index (χ1) is 10.0. The molecule has 1 N–H and O–H groups in total. The Hall–Kier alpha value is -2.01. The lowest BCUT2D eigenvalue weighted by Gasteiger charge is -2.06. The summed E-state index contributed by atoms with van der Waals surface area (Å²) in [5.74, 6) is 1.09. The second kappa shape index (κ2) is 5.41. The van der Waals surface area contributed by atoms with E-state index in [2.05, 4.69) is 35.1 Å². The molecule has 3 aromatic rings. The smallest absolute Gasteiger partial charge is 0.140 e. The van der Waals surface area contributed by atoms with Crippen molar-refractivity contribution in [3.8, 4) is 5.75 Å². The summed E-state index contributed by atoms with van der Waals surface area (Å²) in [4.78, 5) is 4.90. The second-order valence-electron chi connectivity index (χ2n) is 5.36. The zero-order valence-electron chi connectivity index (χ0n) is 12.2. The van der Waals surface area contributed by atoms with Crippen molar-refractivity contribution in [2.45, 2.75) is 26.4 Å². The maximum atomic E-state index is 6.28. The summed E-state index contributed by atoms with van der Waals surface area (Å²) in [6.45, 7) is 4.65. The molecule has 110 valence electrons. The van der Waals surface area contributed by atoms with Gasteiger partial charge in [-0.05, 0) is 18.1 Å². The van der Waals surface area contributed by atoms with Gasteiger partial charge in [-0.15, -0.1) is 0 Å². The maximum absolute atomic E-state index is 6.28. The Labute approximate surface area is 127 Å². The Kier molecular flexibility index (Phi) is 3.59. The molecule has 0 amide bonds. The van der Waals surface area contributed by atoms with Crippen LogP contribution in [-0.2, 0) is 13.7 Å². The first-order valence-electron chi connectivity index (χ1n) is 6.83. The van der Waals surface area contributed by atoms with Gasteiger partial charge in [-0.25, -0.2) is 0 Å². The summed E-state index contributed by atoms with van der Waals surface area (Å²) in [5, 5.41) is 9.88. The minimum absolute atomic E-state index is 0.344. The fourth-order valence-corrected chi connectivity index (χ4v) is 2.41. The van der Waals surface area contributed by atoms with Crippen LogP contribution in [0.2, 0.25) is 5.02 Å². The zero-order chi connectivity index (χ0) is 15.0. The molecule has 0 saturated carbocycles. The van der Waals surface area contributed by atoms with Crippen molar-refractivity contribution >= 4 is 22.5 Å². The van der Waals surface area contributed by atoms with Crippen LogP contribution in [0.15, 0.2) is 24.4 Å². The highest BCUT2D eigenvalue weighted by Gasteiger charge is 2.10. The molecule has 0 radical (unpaired) electrons. The molecule has 0 aliphatic heterocycles. The molecule has 5 nitrogen and oxygen atoms in total. The van der Waals surface area contributed by atoms with Crippen molar-refractivity contribution in [3.63, 3.8) is 0 Å². The van der Waals surface area contributed by atoms with Crippen LogP contribution in [0.25, 0.3) is 10.9 Å². The number of H-pyrrole nitrogens is 1. The lowest BCUT2D eigenvalue weighted by atomic mass is 10.1. The van der Waals surface area contributed by atoms with Crippen molar-refractivity contribution < 1.29 is 4.74 Å². The minimum Gasteiger partial charge on any atom is -0.486 e. The van der Waals surface area contributed by atoms with Crippen LogP contribution in [0.5, 0.6) is 5.75 Å². The molecule has 2 heterocycles. The molecule has 0 bridgehead atoms. The number of nitrogens with one attached hydrogen (secondary N) is 1. The van der Waals surface area contributed by atoms with Gasteiger partial charge in [-0.2, -0.15) is 15.0 Å². The van der Waals surface area contributed by atoms with Crippen LogP contribution in [0.3, 0.4) is 0 Å². The summed E-state index contributed by atoms with van der Waals surface area (Å²) >= 11 is 6.28. The van der Waals surface area contributed by atoms with Gasteiger partial charge in [0.25, 0.3) is 0 Å². The molecule has 21 heavy (non-hydrogen) atoms. The Morgan fingerprint density at radius 2 is 2.14 bits per heavy atom. The van der Waals surface area contributed by atoms with E-state index in [-0.39, 0.29) is 0 Å². The van der Waals surface area contributed by atoms with E-state index < -0.39 is 0 Å². The maximum Gasteiger partial charge on any atom is 0.140 e. The number of hydrogen-bond donors (Lipinski definition) is 1. The molecule has 0 fully saturated rings. The lowest BCUT2D eigenvalue weighted by molar-refractivity contribution is 0.300. The van der Waals surface area contributed by atoms with Crippen molar-refractivity contribution in [3.05, 3.63) is 40.8 Å². The summed E-state index contributed by atoms with van der Waals surface area (Å²) in [6.07, 6.45) is 1.68. The van der Waals surface area contributed by atoms with E-state index in [4.69, 9.17) is 16.3 Å². The van der Waals surface area contributed by atoms with Gasteiger partial charge in [-0.3, -0.25) is 0 Å². The number of halogens is 1.